The first-order valence-corrected chi connectivity index (χ1v) is 13.0. The van der Waals surface area contributed by atoms with Crippen LogP contribution >= 0.6 is 27.3 Å². The van der Waals surface area contributed by atoms with E-state index in [0.29, 0.717) is 29.1 Å². The highest BCUT2D eigenvalue weighted by atomic mass is 79.9. The SMILES string of the molecule is O=C1C=C(Br)C(=O)C2=C1C(c1ccc(CO)o1)C1=CCC3C(=O)N(Cc4cccs4)C(=O)C3C1C2. The molecule has 0 bridgehead atoms. The number of allylic oxidation sites excluding steroid dienone is 6. The highest BCUT2D eigenvalue weighted by Crippen LogP contribution is 2.55. The number of hydrogen-bond acceptors (Lipinski definition) is 7. The van der Waals surface area contributed by atoms with E-state index in [0.717, 1.165) is 10.5 Å². The fourth-order valence-electron chi connectivity index (χ4n) is 5.95. The fourth-order valence-corrected chi connectivity index (χ4v) is 7.09. The van der Waals surface area contributed by atoms with Crippen LogP contribution < -0.4 is 0 Å². The summed E-state index contributed by atoms with van der Waals surface area (Å²) in [7, 11) is 0. The third-order valence-corrected chi connectivity index (χ3v) is 8.89. The minimum Gasteiger partial charge on any atom is -0.463 e. The highest BCUT2D eigenvalue weighted by Gasteiger charge is 2.56. The van der Waals surface area contributed by atoms with E-state index in [4.69, 9.17) is 4.42 Å². The molecule has 2 aromatic heterocycles. The van der Waals surface area contributed by atoms with Gasteiger partial charge in [0, 0.05) is 22.1 Å². The molecule has 35 heavy (non-hydrogen) atoms. The predicted molar refractivity (Wildman–Crippen MR) is 129 cm³/mol. The molecule has 2 amide bonds. The quantitative estimate of drug-likeness (QED) is 0.351. The van der Waals surface area contributed by atoms with Gasteiger partial charge in [-0.25, -0.2) is 0 Å². The van der Waals surface area contributed by atoms with Crippen molar-refractivity contribution in [3.8, 4) is 0 Å². The lowest BCUT2D eigenvalue weighted by atomic mass is 9.60. The summed E-state index contributed by atoms with van der Waals surface area (Å²) in [6.07, 6.45) is 3.83. The summed E-state index contributed by atoms with van der Waals surface area (Å²) in [5, 5.41) is 11.4. The topological polar surface area (TPSA) is 105 Å². The number of imide groups is 1. The number of aliphatic hydroxyl groups excluding tert-OH is 1. The summed E-state index contributed by atoms with van der Waals surface area (Å²) in [5.41, 5.74) is 1.54. The van der Waals surface area contributed by atoms with Crippen LogP contribution in [0.2, 0.25) is 0 Å². The van der Waals surface area contributed by atoms with Crippen LogP contribution in [0.3, 0.4) is 0 Å². The normalized spacial score (nSPS) is 28.1. The molecule has 3 heterocycles. The second kappa shape index (κ2) is 8.36. The average molecular weight is 554 g/mol. The number of nitrogens with zero attached hydrogens (tertiary/aromatic N) is 1. The molecule has 4 atom stereocenters. The number of furan rings is 1. The third-order valence-electron chi connectivity index (χ3n) is 7.44. The van der Waals surface area contributed by atoms with Gasteiger partial charge in [0.25, 0.3) is 0 Å². The van der Waals surface area contributed by atoms with Gasteiger partial charge in [-0.3, -0.25) is 24.1 Å². The number of amides is 2. The van der Waals surface area contributed by atoms with Crippen LogP contribution in [0.15, 0.2) is 67.4 Å². The Hall–Kier alpha value is -2.88. The van der Waals surface area contributed by atoms with Gasteiger partial charge < -0.3 is 9.52 Å². The minimum atomic E-state index is -0.646. The molecule has 178 valence electrons. The maximum atomic E-state index is 13.6. The number of likely N-dealkylation sites (tertiary alicyclic amines) is 1. The van der Waals surface area contributed by atoms with Crippen LogP contribution in [0.25, 0.3) is 0 Å². The number of Topliss-reactive ketones (excluding diaryl/α,β-unsaturated/α-hetero) is 1. The van der Waals surface area contributed by atoms with E-state index in [1.807, 2.05) is 23.6 Å². The van der Waals surface area contributed by atoms with Gasteiger partial charge in [-0.15, -0.1) is 11.3 Å². The molecule has 9 heteroatoms. The number of ketones is 2. The van der Waals surface area contributed by atoms with Crippen molar-refractivity contribution in [2.45, 2.75) is 31.9 Å². The number of fused-ring (bicyclic) bond motifs is 3. The number of carbonyl (C=O) groups is 4. The van der Waals surface area contributed by atoms with Crippen molar-refractivity contribution in [2.24, 2.45) is 17.8 Å². The smallest absolute Gasteiger partial charge is 0.234 e. The molecule has 4 aliphatic rings. The molecule has 7 nitrogen and oxygen atoms in total. The first-order chi connectivity index (χ1) is 16.9. The van der Waals surface area contributed by atoms with Gasteiger partial charge in [-0.2, -0.15) is 0 Å². The second-order valence-corrected chi connectivity index (χ2v) is 11.1. The van der Waals surface area contributed by atoms with Gasteiger partial charge in [-0.1, -0.05) is 17.7 Å². The zero-order valence-electron chi connectivity index (χ0n) is 18.4. The Bertz CT molecular complexity index is 1380. The molecule has 0 radical (unpaired) electrons. The van der Waals surface area contributed by atoms with E-state index in [2.05, 4.69) is 15.9 Å². The van der Waals surface area contributed by atoms with E-state index < -0.39 is 23.7 Å². The molecule has 1 saturated heterocycles. The highest BCUT2D eigenvalue weighted by molar-refractivity contribution is 9.12. The van der Waals surface area contributed by atoms with Crippen molar-refractivity contribution < 1.29 is 28.7 Å². The van der Waals surface area contributed by atoms with Gasteiger partial charge >= 0.3 is 0 Å². The van der Waals surface area contributed by atoms with Crippen molar-refractivity contribution in [2.75, 3.05) is 0 Å². The Morgan fingerprint density at radius 3 is 2.66 bits per heavy atom. The van der Waals surface area contributed by atoms with E-state index in [1.54, 1.807) is 12.1 Å². The molecule has 4 unspecified atom stereocenters. The standard InChI is InChI=1S/C26H20BrNO6S/c27-18-9-19(30)22-17(24(18)31)8-16-14(23(22)20-6-3-12(11-29)34-20)4-5-15-21(16)26(33)28(25(15)32)10-13-2-1-7-35-13/h1-4,6-7,9,15-16,21,23,29H,5,8,10-11H2. The second-order valence-electron chi connectivity index (χ2n) is 9.20. The monoisotopic (exact) mass is 553 g/mol. The van der Waals surface area contributed by atoms with Crippen LogP contribution in [0.4, 0.5) is 0 Å². The van der Waals surface area contributed by atoms with E-state index in [9.17, 15) is 24.3 Å². The van der Waals surface area contributed by atoms with Gasteiger partial charge in [-0.05, 0) is 58.3 Å². The first-order valence-electron chi connectivity index (χ1n) is 11.3. The lowest BCUT2D eigenvalue weighted by Gasteiger charge is -2.41. The Morgan fingerprint density at radius 2 is 1.94 bits per heavy atom. The van der Waals surface area contributed by atoms with Gasteiger partial charge in [0.2, 0.25) is 11.8 Å². The van der Waals surface area contributed by atoms with Crippen LogP contribution in [-0.2, 0) is 32.3 Å². The zero-order valence-corrected chi connectivity index (χ0v) is 20.8. The lowest BCUT2D eigenvalue weighted by molar-refractivity contribution is -0.140. The van der Waals surface area contributed by atoms with Crippen molar-refractivity contribution in [1.29, 1.82) is 0 Å². The summed E-state index contributed by atoms with van der Waals surface area (Å²) in [5.74, 6) is -2.34. The lowest BCUT2D eigenvalue weighted by Crippen LogP contribution is -2.39. The number of thiophene rings is 1. The van der Waals surface area contributed by atoms with Crippen molar-refractivity contribution in [3.63, 3.8) is 0 Å². The fraction of sp³-hybridized carbons (Fsp3) is 0.308. The zero-order chi connectivity index (χ0) is 24.4. The van der Waals surface area contributed by atoms with Crippen molar-refractivity contribution in [1.82, 2.24) is 4.90 Å². The summed E-state index contributed by atoms with van der Waals surface area (Å²) in [6, 6.07) is 7.13. The molecule has 0 spiro atoms. The van der Waals surface area contributed by atoms with E-state index in [-0.39, 0.29) is 47.4 Å². The molecule has 3 aliphatic carbocycles. The summed E-state index contributed by atoms with van der Waals surface area (Å²) in [6.45, 7) is -0.0553. The summed E-state index contributed by atoms with van der Waals surface area (Å²) >= 11 is 4.71. The average Bonchev–Trinajstić information content (AvgIpc) is 3.59. The molecular formula is C26H20BrNO6S. The Morgan fingerprint density at radius 1 is 1.11 bits per heavy atom. The van der Waals surface area contributed by atoms with E-state index >= 15 is 0 Å². The maximum absolute atomic E-state index is 13.6. The van der Waals surface area contributed by atoms with Gasteiger partial charge in [0.15, 0.2) is 11.6 Å². The van der Waals surface area contributed by atoms with Crippen molar-refractivity contribution >= 4 is 50.6 Å². The summed E-state index contributed by atoms with van der Waals surface area (Å²) in [4.78, 5) is 55.5. The van der Waals surface area contributed by atoms with Crippen LogP contribution in [-0.4, -0.2) is 33.4 Å². The van der Waals surface area contributed by atoms with Crippen molar-refractivity contribution in [3.05, 3.63) is 79.4 Å². The number of carbonyl (C=O) groups excluding carboxylic acids is 4. The molecular weight excluding hydrogens is 534 g/mol. The Kier molecular flexibility index (Phi) is 5.39. The molecule has 1 N–H and O–H groups in total. The first kappa shape index (κ1) is 22.6. The number of aliphatic hydroxyl groups is 1. The summed E-state index contributed by atoms with van der Waals surface area (Å²) < 4.78 is 6.03. The molecule has 1 aliphatic heterocycles. The number of halogens is 1. The number of hydrogen-bond donors (Lipinski definition) is 1. The molecule has 6 rings (SSSR count). The molecule has 0 saturated carbocycles. The maximum Gasteiger partial charge on any atom is 0.234 e. The largest absolute Gasteiger partial charge is 0.463 e. The molecule has 2 aromatic rings. The van der Waals surface area contributed by atoms with Crippen LogP contribution in [0.5, 0.6) is 0 Å². The predicted octanol–water partition coefficient (Wildman–Crippen LogP) is 3.80. The van der Waals surface area contributed by atoms with E-state index in [1.165, 1.54) is 22.3 Å². The minimum absolute atomic E-state index is 0.184. The van der Waals surface area contributed by atoms with Gasteiger partial charge in [0.1, 0.15) is 18.1 Å². The molecule has 1 fully saturated rings. The Labute approximate surface area is 212 Å². The number of rotatable bonds is 4. The molecule has 0 aromatic carbocycles. The Balaban J connectivity index is 1.45. The van der Waals surface area contributed by atoms with Gasteiger partial charge in [0.05, 0.1) is 28.8 Å². The van der Waals surface area contributed by atoms with Crippen LogP contribution in [0.1, 0.15) is 35.2 Å². The van der Waals surface area contributed by atoms with Crippen LogP contribution in [0, 0.1) is 17.8 Å². The third kappa shape index (κ3) is 3.40.